The lowest BCUT2D eigenvalue weighted by molar-refractivity contribution is -0.132. The van der Waals surface area contributed by atoms with E-state index in [0.717, 1.165) is 4.47 Å². The number of aromatic nitrogens is 1. The number of benzene rings is 2. The number of ketones is 1. The fourth-order valence-electron chi connectivity index (χ4n) is 3.74. The van der Waals surface area contributed by atoms with Crippen molar-refractivity contribution < 1.29 is 28.7 Å². The number of hydrogen-bond donors (Lipinski definition) is 1. The Morgan fingerprint density at radius 1 is 1.15 bits per heavy atom. The molecule has 1 N–H and O–H groups in total. The maximum atomic E-state index is 13.2. The Balaban J connectivity index is 1.93. The number of anilines is 1. The van der Waals surface area contributed by atoms with E-state index in [1.165, 1.54) is 12.0 Å². The Morgan fingerprint density at radius 2 is 1.88 bits per heavy atom. The molecule has 1 aliphatic heterocycles. The summed E-state index contributed by atoms with van der Waals surface area (Å²) >= 11 is 3.35. The summed E-state index contributed by atoms with van der Waals surface area (Å²) in [5.74, 6) is -0.342. The molecule has 33 heavy (non-hydrogen) atoms. The number of aliphatic hydroxyl groups is 1. The van der Waals surface area contributed by atoms with Crippen LogP contribution in [0.4, 0.5) is 5.82 Å². The number of nitrogens with zero attached hydrogens (tertiary/aromatic N) is 2. The van der Waals surface area contributed by atoms with E-state index in [9.17, 15) is 14.7 Å². The van der Waals surface area contributed by atoms with Gasteiger partial charge in [-0.2, -0.15) is 0 Å². The molecule has 1 amide bonds. The van der Waals surface area contributed by atoms with Crippen molar-refractivity contribution in [1.29, 1.82) is 0 Å². The average Bonchev–Trinajstić information content (AvgIpc) is 3.35. The van der Waals surface area contributed by atoms with Crippen LogP contribution in [0.2, 0.25) is 0 Å². The summed E-state index contributed by atoms with van der Waals surface area (Å²) < 4.78 is 17.0. The van der Waals surface area contributed by atoms with Gasteiger partial charge in [-0.1, -0.05) is 39.3 Å². The predicted molar refractivity (Wildman–Crippen MR) is 124 cm³/mol. The maximum Gasteiger partial charge on any atom is 0.301 e. The molecule has 1 unspecified atom stereocenters. The molecule has 2 heterocycles. The van der Waals surface area contributed by atoms with Gasteiger partial charge in [0.1, 0.15) is 11.5 Å². The van der Waals surface area contributed by atoms with E-state index in [-0.39, 0.29) is 17.2 Å². The molecule has 1 fully saturated rings. The van der Waals surface area contributed by atoms with E-state index in [2.05, 4.69) is 21.1 Å². The minimum absolute atomic E-state index is 0.0609. The van der Waals surface area contributed by atoms with Crippen molar-refractivity contribution in [2.75, 3.05) is 18.6 Å². The Morgan fingerprint density at radius 3 is 2.48 bits per heavy atom. The third-order valence-corrected chi connectivity index (χ3v) is 5.76. The van der Waals surface area contributed by atoms with Gasteiger partial charge < -0.3 is 19.1 Å². The number of hydrogen-bond acceptors (Lipinski definition) is 7. The van der Waals surface area contributed by atoms with Crippen LogP contribution in [0.25, 0.3) is 5.76 Å². The van der Waals surface area contributed by atoms with Crippen LogP contribution >= 0.6 is 15.9 Å². The summed E-state index contributed by atoms with van der Waals surface area (Å²) in [6.45, 7) is 3.98. The van der Waals surface area contributed by atoms with Gasteiger partial charge in [-0.3, -0.25) is 14.5 Å². The monoisotopic (exact) mass is 512 g/mol. The zero-order valence-corrected chi connectivity index (χ0v) is 19.8. The van der Waals surface area contributed by atoms with Crippen LogP contribution in [0.15, 0.2) is 63.1 Å². The first-order valence-electron chi connectivity index (χ1n) is 10.2. The van der Waals surface area contributed by atoms with E-state index < -0.39 is 17.7 Å². The van der Waals surface area contributed by atoms with Crippen LogP contribution < -0.4 is 14.4 Å². The molecule has 170 valence electrons. The number of halogens is 1. The SMILES string of the molecule is CCOc1ccc(C2C(=C(O)c3ccc(Br)cc3)C(=O)C(=O)N2c2cc(C)on2)cc1OC. The molecule has 8 nitrogen and oxygen atoms in total. The standard InChI is InChI=1S/C24H21BrN2O6/c1-4-32-17-10-7-15(12-18(17)31-3)21-20(22(28)14-5-8-16(25)9-6-14)23(29)24(30)27(21)19-11-13(2)33-26-19/h5-12,21,28H,4H2,1-3H3. The smallest absolute Gasteiger partial charge is 0.301 e. The van der Waals surface area contributed by atoms with E-state index in [1.807, 2.05) is 6.92 Å². The molecule has 2 aromatic carbocycles. The zero-order valence-electron chi connectivity index (χ0n) is 18.2. The number of ether oxygens (including phenoxy) is 2. The summed E-state index contributed by atoms with van der Waals surface area (Å²) in [6, 6.07) is 12.5. The Kier molecular flexibility index (Phi) is 6.24. The molecule has 1 saturated heterocycles. The highest BCUT2D eigenvalue weighted by atomic mass is 79.9. The van der Waals surface area contributed by atoms with Gasteiger partial charge in [-0.15, -0.1) is 0 Å². The molecule has 1 aromatic heterocycles. The molecule has 1 aliphatic rings. The second-order valence-corrected chi connectivity index (χ2v) is 8.23. The molecular weight excluding hydrogens is 492 g/mol. The fourth-order valence-corrected chi connectivity index (χ4v) is 4.01. The lowest BCUT2D eigenvalue weighted by atomic mass is 9.95. The number of methoxy groups -OCH3 is 1. The average molecular weight is 513 g/mol. The number of aryl methyl sites for hydroxylation is 1. The van der Waals surface area contributed by atoms with Gasteiger partial charge in [-0.25, -0.2) is 0 Å². The third-order valence-electron chi connectivity index (χ3n) is 5.23. The Labute approximate surface area is 198 Å². The number of aliphatic hydroxyl groups excluding tert-OH is 1. The second kappa shape index (κ2) is 9.11. The van der Waals surface area contributed by atoms with Gasteiger partial charge in [0.05, 0.1) is 25.3 Å². The largest absolute Gasteiger partial charge is 0.507 e. The van der Waals surface area contributed by atoms with E-state index in [1.54, 1.807) is 55.5 Å². The first kappa shape index (κ1) is 22.6. The van der Waals surface area contributed by atoms with Crippen LogP contribution in [0.3, 0.4) is 0 Å². The number of carbonyl (C=O) groups is 2. The van der Waals surface area contributed by atoms with Crippen molar-refractivity contribution in [2.24, 2.45) is 0 Å². The molecule has 9 heteroatoms. The molecule has 0 saturated carbocycles. The quantitative estimate of drug-likeness (QED) is 0.288. The maximum absolute atomic E-state index is 13.2. The first-order valence-corrected chi connectivity index (χ1v) is 11.0. The highest BCUT2D eigenvalue weighted by Gasteiger charge is 2.48. The lowest BCUT2D eigenvalue weighted by Crippen LogP contribution is -2.29. The number of rotatable bonds is 6. The number of carbonyl (C=O) groups excluding carboxylic acids is 2. The van der Waals surface area contributed by atoms with Crippen molar-refractivity contribution in [3.8, 4) is 11.5 Å². The summed E-state index contributed by atoms with van der Waals surface area (Å²) in [5.41, 5.74) is 0.874. The minimum Gasteiger partial charge on any atom is -0.507 e. The van der Waals surface area contributed by atoms with E-state index in [4.69, 9.17) is 14.0 Å². The summed E-state index contributed by atoms with van der Waals surface area (Å²) in [7, 11) is 1.50. The molecule has 0 radical (unpaired) electrons. The van der Waals surface area contributed by atoms with Gasteiger partial charge in [0.2, 0.25) is 0 Å². The van der Waals surface area contributed by atoms with Gasteiger partial charge in [0.25, 0.3) is 5.78 Å². The van der Waals surface area contributed by atoms with Crippen molar-refractivity contribution in [1.82, 2.24) is 5.16 Å². The summed E-state index contributed by atoms with van der Waals surface area (Å²) in [5, 5.41) is 15.1. The highest BCUT2D eigenvalue weighted by molar-refractivity contribution is 9.10. The van der Waals surface area contributed by atoms with Gasteiger partial charge in [0, 0.05) is 16.1 Å². The van der Waals surface area contributed by atoms with Gasteiger partial charge >= 0.3 is 5.91 Å². The number of Topliss-reactive ketones (excluding diaryl/α,β-unsaturated/α-hetero) is 1. The molecule has 0 aliphatic carbocycles. The van der Waals surface area contributed by atoms with Crippen molar-refractivity contribution in [3.63, 3.8) is 0 Å². The minimum atomic E-state index is -0.956. The third kappa shape index (κ3) is 4.11. The van der Waals surface area contributed by atoms with Gasteiger partial charge in [-0.05, 0) is 43.7 Å². The first-order chi connectivity index (χ1) is 15.8. The number of amides is 1. The van der Waals surface area contributed by atoms with Crippen molar-refractivity contribution >= 4 is 39.2 Å². The summed E-state index contributed by atoms with van der Waals surface area (Å²) in [6.07, 6.45) is 0. The molecule has 0 spiro atoms. The lowest BCUT2D eigenvalue weighted by Gasteiger charge is -2.23. The summed E-state index contributed by atoms with van der Waals surface area (Å²) in [4.78, 5) is 27.5. The molecular formula is C24H21BrN2O6. The van der Waals surface area contributed by atoms with E-state index in [0.29, 0.717) is 35.0 Å². The molecule has 4 rings (SSSR count). The van der Waals surface area contributed by atoms with E-state index >= 15 is 0 Å². The van der Waals surface area contributed by atoms with Crippen molar-refractivity contribution in [2.45, 2.75) is 19.9 Å². The fraction of sp³-hybridized carbons (Fsp3) is 0.208. The molecule has 3 aromatic rings. The van der Waals surface area contributed by atoms with Crippen LogP contribution in [-0.2, 0) is 9.59 Å². The predicted octanol–water partition coefficient (Wildman–Crippen LogP) is 4.78. The van der Waals surface area contributed by atoms with Gasteiger partial charge in [0.15, 0.2) is 17.3 Å². The normalized spacial score (nSPS) is 17.5. The van der Waals surface area contributed by atoms with Crippen LogP contribution in [-0.4, -0.2) is 35.7 Å². The Hall–Kier alpha value is -3.59. The van der Waals surface area contributed by atoms with Crippen molar-refractivity contribution in [3.05, 3.63) is 75.5 Å². The van der Waals surface area contributed by atoms with Crippen LogP contribution in [0, 0.1) is 6.92 Å². The topological polar surface area (TPSA) is 102 Å². The van der Waals surface area contributed by atoms with Crippen LogP contribution in [0.5, 0.6) is 11.5 Å². The highest BCUT2D eigenvalue weighted by Crippen LogP contribution is 2.44. The van der Waals surface area contributed by atoms with Crippen LogP contribution in [0.1, 0.15) is 29.9 Å². The molecule has 1 atom stereocenters. The Bertz CT molecular complexity index is 1250. The zero-order chi connectivity index (χ0) is 23.7. The second-order valence-electron chi connectivity index (χ2n) is 7.32. The molecule has 0 bridgehead atoms.